The first-order valence-corrected chi connectivity index (χ1v) is 7.60. The number of halogens is 1. The largest absolute Gasteiger partial charge is 0.488 e. The Morgan fingerprint density at radius 2 is 2.15 bits per heavy atom. The molecule has 1 aliphatic rings. The molecule has 1 aromatic heterocycles. The summed E-state index contributed by atoms with van der Waals surface area (Å²) in [7, 11) is 0. The van der Waals surface area contributed by atoms with Crippen molar-refractivity contribution in [2.75, 3.05) is 6.54 Å². The number of hydrogen-bond acceptors (Lipinski definition) is 3. The Balaban J connectivity index is 1.56. The maximum absolute atomic E-state index is 5.95. The quantitative estimate of drug-likeness (QED) is 0.930. The van der Waals surface area contributed by atoms with Crippen molar-refractivity contribution in [2.45, 2.75) is 25.5 Å². The average Bonchev–Trinajstić information content (AvgIpc) is 2.87. The zero-order valence-corrected chi connectivity index (χ0v) is 12.9. The van der Waals surface area contributed by atoms with Gasteiger partial charge in [-0.05, 0) is 48.4 Å². The van der Waals surface area contributed by atoms with Crippen molar-refractivity contribution in [2.24, 2.45) is 0 Å². The smallest absolute Gasteiger partial charge is 0.123 e. The number of ether oxygens (including phenoxy) is 1. The topological polar surface area (TPSA) is 34.1 Å². The van der Waals surface area contributed by atoms with Crippen molar-refractivity contribution in [3.05, 3.63) is 58.3 Å². The molecule has 0 saturated carbocycles. The fraction of sp³-hybridized carbons (Fsp3) is 0.312. The molecule has 3 nitrogen and oxygen atoms in total. The normalized spacial score (nSPS) is 18.4. The van der Waals surface area contributed by atoms with Crippen LogP contribution in [0.5, 0.6) is 5.75 Å². The van der Waals surface area contributed by atoms with Crippen molar-refractivity contribution in [1.82, 2.24) is 10.3 Å². The Morgan fingerprint density at radius 3 is 2.95 bits per heavy atom. The van der Waals surface area contributed by atoms with Crippen molar-refractivity contribution >= 4 is 15.9 Å². The monoisotopic (exact) mass is 332 g/mol. The second kappa shape index (κ2) is 5.94. The van der Waals surface area contributed by atoms with Gasteiger partial charge in [0, 0.05) is 35.9 Å². The van der Waals surface area contributed by atoms with E-state index in [1.54, 1.807) is 0 Å². The predicted molar refractivity (Wildman–Crippen MR) is 82.9 cm³/mol. The first-order chi connectivity index (χ1) is 9.72. The average molecular weight is 333 g/mol. The van der Waals surface area contributed by atoms with Gasteiger partial charge in [0.05, 0.1) is 0 Å². The molecule has 0 spiro atoms. The molecule has 1 aromatic carbocycles. The summed E-state index contributed by atoms with van der Waals surface area (Å²) in [6, 6.07) is 10.6. The van der Waals surface area contributed by atoms with Crippen LogP contribution in [0.1, 0.15) is 24.1 Å². The van der Waals surface area contributed by atoms with Crippen molar-refractivity contribution < 1.29 is 4.74 Å². The number of nitrogens with one attached hydrogen (secondary N) is 1. The lowest BCUT2D eigenvalue weighted by atomic mass is 10.1. The lowest BCUT2D eigenvalue weighted by Gasteiger charge is -2.17. The molecule has 1 aliphatic heterocycles. The fourth-order valence-electron chi connectivity index (χ4n) is 2.48. The van der Waals surface area contributed by atoms with Gasteiger partial charge >= 0.3 is 0 Å². The summed E-state index contributed by atoms with van der Waals surface area (Å²) < 4.78 is 7.06. The van der Waals surface area contributed by atoms with Crippen LogP contribution in [-0.4, -0.2) is 17.6 Å². The molecule has 2 heterocycles. The van der Waals surface area contributed by atoms with Crippen LogP contribution < -0.4 is 10.1 Å². The van der Waals surface area contributed by atoms with Gasteiger partial charge in [-0.2, -0.15) is 0 Å². The lowest BCUT2D eigenvalue weighted by Crippen LogP contribution is -2.31. The van der Waals surface area contributed by atoms with Gasteiger partial charge in [-0.25, -0.2) is 0 Å². The number of rotatable bonds is 4. The molecular formula is C16H17BrN2O. The minimum atomic E-state index is 0.212. The summed E-state index contributed by atoms with van der Waals surface area (Å²) >= 11 is 3.50. The molecule has 20 heavy (non-hydrogen) atoms. The summed E-state index contributed by atoms with van der Waals surface area (Å²) in [5.74, 6) is 1.01. The van der Waals surface area contributed by atoms with E-state index in [4.69, 9.17) is 4.74 Å². The standard InChI is InChI=1S/C16H17BrN2O/c1-11(12-4-6-18-7-5-12)19-10-15-9-13-8-14(17)2-3-16(13)20-15/h2-8,11,15,19H,9-10H2,1H3. The molecule has 3 rings (SSSR count). The van der Waals surface area contributed by atoms with Gasteiger partial charge in [0.1, 0.15) is 11.9 Å². The molecule has 2 atom stereocenters. The molecule has 0 fully saturated rings. The van der Waals surface area contributed by atoms with Crippen LogP contribution in [0.15, 0.2) is 47.2 Å². The van der Waals surface area contributed by atoms with Crippen LogP contribution in [0.2, 0.25) is 0 Å². The number of hydrogen-bond donors (Lipinski definition) is 1. The summed E-state index contributed by atoms with van der Waals surface area (Å²) in [6.45, 7) is 3.00. The zero-order valence-electron chi connectivity index (χ0n) is 11.3. The van der Waals surface area contributed by atoms with Crippen LogP contribution in [0.3, 0.4) is 0 Å². The second-order valence-electron chi connectivity index (χ2n) is 5.11. The number of fused-ring (bicyclic) bond motifs is 1. The van der Waals surface area contributed by atoms with E-state index in [0.29, 0.717) is 6.04 Å². The Morgan fingerprint density at radius 1 is 1.35 bits per heavy atom. The molecule has 0 saturated heterocycles. The molecule has 0 amide bonds. The van der Waals surface area contributed by atoms with Gasteiger partial charge < -0.3 is 10.1 Å². The van der Waals surface area contributed by atoms with E-state index >= 15 is 0 Å². The van der Waals surface area contributed by atoms with E-state index in [-0.39, 0.29) is 6.10 Å². The molecule has 2 aromatic rings. The maximum atomic E-state index is 5.95. The highest BCUT2D eigenvalue weighted by Gasteiger charge is 2.23. The Bertz CT molecular complexity index is 588. The molecule has 0 radical (unpaired) electrons. The Hall–Kier alpha value is -1.39. The Labute approximate surface area is 127 Å². The molecule has 104 valence electrons. The van der Waals surface area contributed by atoms with Crippen molar-refractivity contribution in [3.63, 3.8) is 0 Å². The first-order valence-electron chi connectivity index (χ1n) is 6.81. The van der Waals surface area contributed by atoms with Gasteiger partial charge in [0.15, 0.2) is 0 Å². The fourth-order valence-corrected chi connectivity index (χ4v) is 2.89. The Kier molecular flexibility index (Phi) is 4.03. The van der Waals surface area contributed by atoms with Crippen LogP contribution in [0.25, 0.3) is 0 Å². The molecule has 2 unspecified atom stereocenters. The van der Waals surface area contributed by atoms with E-state index in [0.717, 1.165) is 23.2 Å². The number of aromatic nitrogens is 1. The molecule has 0 aliphatic carbocycles. The van der Waals surface area contributed by atoms with Crippen molar-refractivity contribution in [1.29, 1.82) is 0 Å². The number of pyridine rings is 1. The zero-order chi connectivity index (χ0) is 13.9. The first kappa shape index (κ1) is 13.6. The third-order valence-corrected chi connectivity index (χ3v) is 4.11. The van der Waals surface area contributed by atoms with E-state index in [2.05, 4.69) is 39.2 Å². The van der Waals surface area contributed by atoms with Gasteiger partial charge in [-0.15, -0.1) is 0 Å². The minimum absolute atomic E-state index is 0.212. The molecule has 1 N–H and O–H groups in total. The summed E-state index contributed by atoms with van der Waals surface area (Å²) in [5, 5.41) is 3.53. The summed E-state index contributed by atoms with van der Waals surface area (Å²) in [6.07, 6.45) is 4.83. The van der Waals surface area contributed by atoms with Crippen LogP contribution in [0, 0.1) is 0 Å². The highest BCUT2D eigenvalue weighted by Crippen LogP contribution is 2.31. The van der Waals surface area contributed by atoms with Crippen molar-refractivity contribution in [3.8, 4) is 5.75 Å². The predicted octanol–water partition coefficient (Wildman–Crippen LogP) is 3.50. The van der Waals surface area contributed by atoms with Crippen LogP contribution in [0.4, 0.5) is 0 Å². The molecule has 0 bridgehead atoms. The third kappa shape index (κ3) is 3.02. The van der Waals surface area contributed by atoms with E-state index < -0.39 is 0 Å². The van der Waals surface area contributed by atoms with Gasteiger partial charge in [0.25, 0.3) is 0 Å². The van der Waals surface area contributed by atoms with Crippen LogP contribution in [-0.2, 0) is 6.42 Å². The molecule has 4 heteroatoms. The summed E-state index contributed by atoms with van der Waals surface area (Å²) in [4.78, 5) is 4.04. The lowest BCUT2D eigenvalue weighted by molar-refractivity contribution is 0.222. The van der Waals surface area contributed by atoms with E-state index in [9.17, 15) is 0 Å². The maximum Gasteiger partial charge on any atom is 0.123 e. The van der Waals surface area contributed by atoms with Gasteiger partial charge in [0.2, 0.25) is 0 Å². The second-order valence-corrected chi connectivity index (χ2v) is 6.02. The van der Waals surface area contributed by atoms with Gasteiger partial charge in [-0.3, -0.25) is 4.98 Å². The van der Waals surface area contributed by atoms with Crippen LogP contribution >= 0.6 is 15.9 Å². The SMILES string of the molecule is CC(NCC1Cc2cc(Br)ccc2O1)c1ccncc1. The molecular weight excluding hydrogens is 316 g/mol. The highest BCUT2D eigenvalue weighted by molar-refractivity contribution is 9.10. The number of nitrogens with zero attached hydrogens (tertiary/aromatic N) is 1. The van der Waals surface area contributed by atoms with E-state index in [1.165, 1.54) is 11.1 Å². The van der Waals surface area contributed by atoms with Gasteiger partial charge in [-0.1, -0.05) is 15.9 Å². The minimum Gasteiger partial charge on any atom is -0.488 e. The highest BCUT2D eigenvalue weighted by atomic mass is 79.9. The van der Waals surface area contributed by atoms with E-state index in [1.807, 2.05) is 36.7 Å². The number of benzene rings is 1. The third-order valence-electron chi connectivity index (χ3n) is 3.62. The summed E-state index contributed by atoms with van der Waals surface area (Å²) in [5.41, 5.74) is 2.53.